The van der Waals surface area contributed by atoms with Gasteiger partial charge in [0.05, 0.1) is 23.8 Å². The molecule has 0 bridgehead atoms. The van der Waals surface area contributed by atoms with Gasteiger partial charge in [0.15, 0.2) is 5.69 Å². The highest BCUT2D eigenvalue weighted by Gasteiger charge is 2.33. The van der Waals surface area contributed by atoms with E-state index in [2.05, 4.69) is 16.1 Å². The number of morpholine rings is 1. The van der Waals surface area contributed by atoms with E-state index in [-0.39, 0.29) is 30.6 Å². The summed E-state index contributed by atoms with van der Waals surface area (Å²) in [6.45, 7) is 10.0. The van der Waals surface area contributed by atoms with E-state index >= 15 is 0 Å². The second-order valence-electron chi connectivity index (χ2n) is 10.2. The number of aryl methyl sites for hydroxylation is 1. The van der Waals surface area contributed by atoms with E-state index < -0.39 is 0 Å². The van der Waals surface area contributed by atoms with Crippen LogP contribution in [-0.4, -0.2) is 82.9 Å². The molecule has 190 valence electrons. The molecule has 3 heterocycles. The summed E-state index contributed by atoms with van der Waals surface area (Å²) in [6, 6.07) is 7.92. The van der Waals surface area contributed by atoms with Gasteiger partial charge >= 0.3 is 0 Å². The van der Waals surface area contributed by atoms with Crippen LogP contribution in [-0.2, 0) is 28.9 Å². The number of rotatable bonds is 4. The lowest BCUT2D eigenvalue weighted by Gasteiger charge is -2.37. The van der Waals surface area contributed by atoms with Crippen LogP contribution < -0.4 is 4.90 Å². The fourth-order valence-corrected chi connectivity index (χ4v) is 5.81. The molecular weight excluding hydrogens is 456 g/mol. The van der Waals surface area contributed by atoms with Crippen LogP contribution in [0.3, 0.4) is 0 Å². The number of benzene rings is 1. The fraction of sp³-hybridized carbons (Fsp3) is 0.556. The lowest BCUT2D eigenvalue weighted by molar-refractivity contribution is -0.132. The zero-order chi connectivity index (χ0) is 25.4. The van der Waals surface area contributed by atoms with Crippen molar-refractivity contribution in [3.8, 4) is 6.07 Å². The Kier molecular flexibility index (Phi) is 6.71. The van der Waals surface area contributed by atoms with Crippen molar-refractivity contribution in [2.75, 3.05) is 44.2 Å². The van der Waals surface area contributed by atoms with E-state index in [0.29, 0.717) is 37.4 Å². The topological polar surface area (TPSA) is 94.7 Å². The second kappa shape index (κ2) is 9.94. The normalized spacial score (nSPS) is 21.9. The Bertz CT molecular complexity index is 1200. The number of nitriles is 1. The van der Waals surface area contributed by atoms with Crippen molar-refractivity contribution in [1.82, 2.24) is 19.6 Å². The van der Waals surface area contributed by atoms with Gasteiger partial charge in [-0.15, -0.1) is 0 Å². The number of anilines is 1. The van der Waals surface area contributed by atoms with E-state index in [1.165, 1.54) is 0 Å². The molecule has 2 aromatic rings. The van der Waals surface area contributed by atoms with Crippen molar-refractivity contribution < 1.29 is 14.3 Å². The van der Waals surface area contributed by atoms with Crippen molar-refractivity contribution in [3.05, 3.63) is 46.3 Å². The molecule has 2 aliphatic heterocycles. The van der Waals surface area contributed by atoms with Crippen LogP contribution in [0.25, 0.3) is 0 Å². The Morgan fingerprint density at radius 3 is 2.47 bits per heavy atom. The Morgan fingerprint density at radius 1 is 1.08 bits per heavy atom. The van der Waals surface area contributed by atoms with Crippen LogP contribution in [0.1, 0.15) is 53.1 Å². The predicted octanol–water partition coefficient (Wildman–Crippen LogP) is 2.15. The third-order valence-corrected chi connectivity index (χ3v) is 7.50. The van der Waals surface area contributed by atoms with Crippen molar-refractivity contribution >= 4 is 17.5 Å². The number of carbonyl (C=O) groups is 2. The molecule has 2 atom stereocenters. The van der Waals surface area contributed by atoms with Gasteiger partial charge in [0.2, 0.25) is 5.91 Å². The Morgan fingerprint density at radius 2 is 1.81 bits per heavy atom. The maximum atomic E-state index is 13.4. The summed E-state index contributed by atoms with van der Waals surface area (Å²) >= 11 is 0. The van der Waals surface area contributed by atoms with Crippen LogP contribution >= 0.6 is 0 Å². The minimum Gasteiger partial charge on any atom is -0.372 e. The molecule has 0 unspecified atom stereocenters. The number of hydrogen-bond donors (Lipinski definition) is 0. The molecule has 0 spiro atoms. The number of carbonyl (C=O) groups excluding carboxylic acids is 2. The molecular formula is C27H34N6O3. The number of ether oxygens (including phenoxy) is 1. The van der Waals surface area contributed by atoms with Gasteiger partial charge in [-0.1, -0.05) is 0 Å². The Labute approximate surface area is 212 Å². The van der Waals surface area contributed by atoms with E-state index in [1.54, 1.807) is 4.68 Å². The van der Waals surface area contributed by atoms with Crippen molar-refractivity contribution in [2.24, 2.45) is 0 Å². The van der Waals surface area contributed by atoms with Crippen molar-refractivity contribution in [1.29, 1.82) is 5.26 Å². The van der Waals surface area contributed by atoms with Gasteiger partial charge in [-0.3, -0.25) is 14.3 Å². The van der Waals surface area contributed by atoms with E-state index in [1.807, 2.05) is 48.8 Å². The minimum absolute atomic E-state index is 0.00106. The highest BCUT2D eigenvalue weighted by Crippen LogP contribution is 2.28. The summed E-state index contributed by atoms with van der Waals surface area (Å²) in [6.07, 6.45) is 2.68. The molecule has 3 aliphatic rings. The number of aromatic nitrogens is 2. The molecule has 0 N–H and O–H groups in total. The molecule has 2 saturated heterocycles. The standard InChI is InChI=1S/C27H34N6O3/c1-18-13-21(14-28)7-8-23(18)30-9-11-31(12-10-30)25(34)17-33-24-6-4-5-22(24)26(29-33)27(35)32-15-19(2)36-20(3)16-32/h7-8,13,19-20H,4-6,9-12,15-17H2,1-3H3/t19-,20+. The van der Waals surface area contributed by atoms with Gasteiger partial charge in [0.25, 0.3) is 5.91 Å². The Balaban J connectivity index is 1.25. The summed E-state index contributed by atoms with van der Waals surface area (Å²) < 4.78 is 7.57. The second-order valence-corrected chi connectivity index (χ2v) is 10.2. The average molecular weight is 491 g/mol. The van der Waals surface area contributed by atoms with Crippen LogP contribution in [0.15, 0.2) is 18.2 Å². The van der Waals surface area contributed by atoms with Crippen LogP contribution in [0.5, 0.6) is 0 Å². The van der Waals surface area contributed by atoms with E-state index in [4.69, 9.17) is 10.00 Å². The van der Waals surface area contributed by atoms with E-state index in [9.17, 15) is 9.59 Å². The highest BCUT2D eigenvalue weighted by molar-refractivity contribution is 5.94. The molecule has 1 aromatic heterocycles. The summed E-state index contributed by atoms with van der Waals surface area (Å²) in [5.74, 6) is -0.0104. The average Bonchev–Trinajstić information content (AvgIpc) is 3.47. The minimum atomic E-state index is -0.0484. The molecule has 2 amide bonds. The van der Waals surface area contributed by atoms with Crippen molar-refractivity contribution in [3.63, 3.8) is 0 Å². The number of fused-ring (bicyclic) bond motifs is 1. The van der Waals surface area contributed by atoms with Gasteiger partial charge in [-0.05, 0) is 63.8 Å². The number of amides is 2. The van der Waals surface area contributed by atoms with Gasteiger partial charge < -0.3 is 19.4 Å². The molecule has 2 fully saturated rings. The molecule has 0 radical (unpaired) electrons. The highest BCUT2D eigenvalue weighted by atomic mass is 16.5. The van der Waals surface area contributed by atoms with Gasteiger partial charge in [-0.2, -0.15) is 10.4 Å². The van der Waals surface area contributed by atoms with Crippen molar-refractivity contribution in [2.45, 2.75) is 58.8 Å². The summed E-state index contributed by atoms with van der Waals surface area (Å²) in [7, 11) is 0. The zero-order valence-corrected chi connectivity index (χ0v) is 21.4. The maximum absolute atomic E-state index is 13.4. The smallest absolute Gasteiger partial charge is 0.274 e. The largest absolute Gasteiger partial charge is 0.372 e. The summed E-state index contributed by atoms with van der Waals surface area (Å²) in [5.41, 5.74) is 5.40. The molecule has 36 heavy (non-hydrogen) atoms. The molecule has 9 nitrogen and oxygen atoms in total. The molecule has 9 heteroatoms. The van der Waals surface area contributed by atoms with Crippen LogP contribution in [0.2, 0.25) is 0 Å². The first-order valence-corrected chi connectivity index (χ1v) is 12.9. The quantitative estimate of drug-likeness (QED) is 0.652. The van der Waals surface area contributed by atoms with Gasteiger partial charge in [0, 0.05) is 56.2 Å². The monoisotopic (exact) mass is 490 g/mol. The molecule has 1 aromatic carbocycles. The van der Waals surface area contributed by atoms with E-state index in [0.717, 1.165) is 54.9 Å². The zero-order valence-electron chi connectivity index (χ0n) is 21.4. The third-order valence-electron chi connectivity index (χ3n) is 7.50. The Hall–Kier alpha value is -3.38. The maximum Gasteiger partial charge on any atom is 0.274 e. The molecule has 1 aliphatic carbocycles. The summed E-state index contributed by atoms with van der Waals surface area (Å²) in [5, 5.41) is 13.8. The first kappa shape index (κ1) is 24.3. The number of nitrogens with zero attached hydrogens (tertiary/aromatic N) is 6. The van der Waals surface area contributed by atoms with Gasteiger partial charge in [-0.25, -0.2) is 0 Å². The first-order chi connectivity index (χ1) is 17.3. The molecule has 0 saturated carbocycles. The first-order valence-electron chi connectivity index (χ1n) is 12.9. The molecule has 5 rings (SSSR count). The summed E-state index contributed by atoms with van der Waals surface area (Å²) in [4.78, 5) is 32.6. The van der Waals surface area contributed by atoms with Gasteiger partial charge in [0.1, 0.15) is 6.54 Å². The third kappa shape index (κ3) is 4.70. The number of hydrogen-bond acceptors (Lipinski definition) is 6. The fourth-order valence-electron chi connectivity index (χ4n) is 5.81. The van der Waals surface area contributed by atoms with Crippen LogP contribution in [0.4, 0.5) is 5.69 Å². The van der Waals surface area contributed by atoms with Crippen LogP contribution in [0, 0.1) is 18.3 Å². The predicted molar refractivity (Wildman–Crippen MR) is 135 cm³/mol. The SMILES string of the molecule is Cc1cc(C#N)ccc1N1CCN(C(=O)Cn2nc(C(=O)N3C[C@@H](C)O[C@@H](C)C3)c3c2CCC3)CC1. The lowest BCUT2D eigenvalue weighted by atomic mass is 10.1. The lowest BCUT2D eigenvalue weighted by Crippen LogP contribution is -2.50. The number of piperazine rings is 1.